The number of ether oxygens (including phenoxy) is 3. The third kappa shape index (κ3) is 8.44. The molecule has 0 spiro atoms. The lowest BCUT2D eigenvalue weighted by atomic mass is 9.95. The number of benzene rings is 3. The quantitative estimate of drug-likeness (QED) is 0.0867. The minimum atomic E-state index is -0.550. The lowest BCUT2D eigenvalue weighted by Gasteiger charge is -2.13. The van der Waals surface area contributed by atoms with E-state index in [1.807, 2.05) is 6.07 Å². The highest BCUT2D eigenvalue weighted by atomic mass is 32.2. The second kappa shape index (κ2) is 16.2. The number of hydrogen-bond donors (Lipinski definition) is 3. The molecule has 0 bridgehead atoms. The molecule has 248 valence electrons. The molecule has 12 heteroatoms. The Morgan fingerprint density at radius 2 is 1.62 bits per heavy atom. The Morgan fingerprint density at radius 1 is 0.854 bits per heavy atom. The molecule has 1 aromatic heterocycles. The second-order valence-corrected chi connectivity index (χ2v) is 12.9. The SMILES string of the molecule is COC(=O)c1c(NC(=O)CSc2cccc(NC(=O)/C(=C\c3ccc(OC)c(OC)c3)NC(=O)c3ccccc3)c2)sc2c1CCCC2. The minimum absolute atomic E-state index is 0.00793. The fraction of sp³-hybridized carbons (Fsp3) is 0.222. The van der Waals surface area contributed by atoms with E-state index in [1.54, 1.807) is 72.8 Å². The summed E-state index contributed by atoms with van der Waals surface area (Å²) in [6.07, 6.45) is 5.27. The van der Waals surface area contributed by atoms with Crippen LogP contribution >= 0.6 is 23.1 Å². The number of aryl methyl sites for hydroxylation is 1. The van der Waals surface area contributed by atoms with E-state index in [4.69, 9.17) is 14.2 Å². The molecule has 10 nitrogen and oxygen atoms in total. The average molecular weight is 686 g/mol. The lowest BCUT2D eigenvalue weighted by Crippen LogP contribution is -2.30. The fourth-order valence-corrected chi connectivity index (χ4v) is 7.25. The van der Waals surface area contributed by atoms with E-state index in [0.717, 1.165) is 41.0 Å². The first-order valence-electron chi connectivity index (χ1n) is 15.2. The third-order valence-corrected chi connectivity index (χ3v) is 9.72. The molecule has 1 aliphatic rings. The van der Waals surface area contributed by atoms with E-state index in [-0.39, 0.29) is 17.4 Å². The molecule has 1 aliphatic carbocycles. The Labute approximate surface area is 286 Å². The van der Waals surface area contributed by atoms with Crippen molar-refractivity contribution in [1.29, 1.82) is 0 Å². The van der Waals surface area contributed by atoms with Crippen LogP contribution in [0.25, 0.3) is 6.08 Å². The van der Waals surface area contributed by atoms with Gasteiger partial charge in [0.25, 0.3) is 11.8 Å². The van der Waals surface area contributed by atoms with Gasteiger partial charge >= 0.3 is 5.97 Å². The molecular formula is C36H35N3O7S2. The third-order valence-electron chi connectivity index (χ3n) is 7.52. The average Bonchev–Trinajstić information content (AvgIpc) is 3.48. The van der Waals surface area contributed by atoms with E-state index in [2.05, 4.69) is 16.0 Å². The molecule has 0 fully saturated rings. The Bertz CT molecular complexity index is 1850. The van der Waals surface area contributed by atoms with Gasteiger partial charge in [-0.15, -0.1) is 23.1 Å². The molecule has 3 N–H and O–H groups in total. The van der Waals surface area contributed by atoms with Crippen molar-refractivity contribution >= 4 is 63.6 Å². The Kier molecular flexibility index (Phi) is 11.5. The summed E-state index contributed by atoms with van der Waals surface area (Å²) in [6.45, 7) is 0. The van der Waals surface area contributed by atoms with Crippen LogP contribution < -0.4 is 25.4 Å². The first-order valence-corrected chi connectivity index (χ1v) is 17.0. The first kappa shape index (κ1) is 34.3. The van der Waals surface area contributed by atoms with E-state index < -0.39 is 17.8 Å². The summed E-state index contributed by atoms with van der Waals surface area (Å²) in [6, 6.07) is 20.8. The number of amides is 3. The van der Waals surface area contributed by atoms with Gasteiger partial charge in [-0.2, -0.15) is 0 Å². The van der Waals surface area contributed by atoms with Gasteiger partial charge in [-0.3, -0.25) is 14.4 Å². The smallest absolute Gasteiger partial charge is 0.341 e. The van der Waals surface area contributed by atoms with E-state index in [1.165, 1.54) is 44.4 Å². The molecule has 5 rings (SSSR count). The number of fused-ring (bicyclic) bond motifs is 1. The topological polar surface area (TPSA) is 132 Å². The predicted molar refractivity (Wildman–Crippen MR) is 188 cm³/mol. The molecule has 4 aromatic rings. The maximum atomic E-state index is 13.6. The van der Waals surface area contributed by atoms with Crippen LogP contribution in [-0.2, 0) is 27.2 Å². The lowest BCUT2D eigenvalue weighted by molar-refractivity contribution is -0.114. The molecule has 0 saturated carbocycles. The zero-order valence-electron chi connectivity index (χ0n) is 26.7. The van der Waals surface area contributed by atoms with Crippen LogP contribution in [0.1, 0.15) is 49.6 Å². The molecule has 0 atom stereocenters. The van der Waals surface area contributed by atoms with Crippen LogP contribution in [0.15, 0.2) is 83.4 Å². The number of thioether (sulfide) groups is 1. The molecular weight excluding hydrogens is 651 g/mol. The monoisotopic (exact) mass is 685 g/mol. The molecule has 48 heavy (non-hydrogen) atoms. The fourth-order valence-electron chi connectivity index (χ4n) is 5.20. The summed E-state index contributed by atoms with van der Waals surface area (Å²) in [7, 11) is 4.38. The van der Waals surface area contributed by atoms with Crippen molar-refractivity contribution in [2.45, 2.75) is 30.6 Å². The Morgan fingerprint density at radius 3 is 2.38 bits per heavy atom. The van der Waals surface area contributed by atoms with Crippen molar-refractivity contribution in [1.82, 2.24) is 5.32 Å². The van der Waals surface area contributed by atoms with Crippen LogP contribution in [0.5, 0.6) is 11.5 Å². The van der Waals surface area contributed by atoms with Gasteiger partial charge < -0.3 is 30.2 Å². The number of nitrogens with one attached hydrogen (secondary N) is 3. The zero-order chi connectivity index (χ0) is 34.0. The van der Waals surface area contributed by atoms with Crippen molar-refractivity contribution in [3.8, 4) is 11.5 Å². The predicted octanol–water partition coefficient (Wildman–Crippen LogP) is 6.57. The normalized spacial score (nSPS) is 12.4. The standard InChI is InChI=1S/C36H35N3O7S2/c1-44-28-17-16-22(19-29(28)45-2)18-27(38-33(41)23-10-5-4-6-11-23)34(42)37-24-12-9-13-25(20-24)47-21-31(40)39-35-32(36(43)46-3)26-14-7-8-15-30(26)48-35/h4-6,9-13,16-20H,7-8,14-15,21H2,1-3H3,(H,37,42)(H,38,41)(H,39,40)/b27-18+. The first-order chi connectivity index (χ1) is 23.3. The second-order valence-electron chi connectivity index (χ2n) is 10.7. The minimum Gasteiger partial charge on any atom is -0.493 e. The molecule has 0 saturated heterocycles. The molecule has 3 aromatic carbocycles. The molecule has 0 radical (unpaired) electrons. The summed E-state index contributed by atoms with van der Waals surface area (Å²) in [5.74, 6) is -0.634. The van der Waals surface area contributed by atoms with Crippen molar-refractivity contribution in [3.05, 3.63) is 106 Å². The number of esters is 1. The van der Waals surface area contributed by atoms with Gasteiger partial charge in [0.05, 0.1) is 32.6 Å². The summed E-state index contributed by atoms with van der Waals surface area (Å²) in [4.78, 5) is 54.0. The summed E-state index contributed by atoms with van der Waals surface area (Å²) in [5.41, 5.74) is 2.90. The van der Waals surface area contributed by atoms with Crippen LogP contribution in [0.2, 0.25) is 0 Å². The molecule has 1 heterocycles. The van der Waals surface area contributed by atoms with Crippen LogP contribution in [-0.4, -0.2) is 50.8 Å². The van der Waals surface area contributed by atoms with Crippen LogP contribution in [0, 0.1) is 0 Å². The number of carbonyl (C=O) groups is 4. The zero-order valence-corrected chi connectivity index (χ0v) is 28.3. The van der Waals surface area contributed by atoms with E-state index in [0.29, 0.717) is 38.9 Å². The van der Waals surface area contributed by atoms with Gasteiger partial charge in [0.2, 0.25) is 5.91 Å². The Hall–Kier alpha value is -5.07. The number of thiophene rings is 1. The highest BCUT2D eigenvalue weighted by molar-refractivity contribution is 8.00. The van der Waals surface area contributed by atoms with Crippen molar-refractivity contribution in [2.75, 3.05) is 37.7 Å². The van der Waals surface area contributed by atoms with Gasteiger partial charge in [-0.1, -0.05) is 30.3 Å². The number of rotatable bonds is 12. The van der Waals surface area contributed by atoms with Crippen LogP contribution in [0.4, 0.5) is 10.7 Å². The summed E-state index contributed by atoms with van der Waals surface area (Å²) < 4.78 is 15.7. The van der Waals surface area contributed by atoms with Gasteiger partial charge in [-0.25, -0.2) is 4.79 Å². The van der Waals surface area contributed by atoms with Gasteiger partial charge in [0, 0.05) is 21.0 Å². The van der Waals surface area contributed by atoms with Gasteiger partial charge in [0.1, 0.15) is 10.7 Å². The Balaban J connectivity index is 1.29. The van der Waals surface area contributed by atoms with Gasteiger partial charge in [-0.05, 0) is 85.4 Å². The molecule has 3 amide bonds. The molecule has 0 aliphatic heterocycles. The largest absolute Gasteiger partial charge is 0.493 e. The van der Waals surface area contributed by atoms with Gasteiger partial charge in [0.15, 0.2) is 11.5 Å². The number of anilines is 2. The van der Waals surface area contributed by atoms with Crippen molar-refractivity contribution in [3.63, 3.8) is 0 Å². The summed E-state index contributed by atoms with van der Waals surface area (Å²) >= 11 is 2.72. The number of carbonyl (C=O) groups excluding carboxylic acids is 4. The van der Waals surface area contributed by atoms with E-state index in [9.17, 15) is 19.2 Å². The summed E-state index contributed by atoms with van der Waals surface area (Å²) in [5, 5.41) is 9.01. The molecule has 0 unspecified atom stereocenters. The maximum Gasteiger partial charge on any atom is 0.341 e. The van der Waals surface area contributed by atoms with Crippen LogP contribution in [0.3, 0.4) is 0 Å². The highest BCUT2D eigenvalue weighted by Crippen LogP contribution is 2.39. The van der Waals surface area contributed by atoms with Crippen molar-refractivity contribution in [2.24, 2.45) is 0 Å². The highest BCUT2D eigenvalue weighted by Gasteiger charge is 2.27. The van der Waals surface area contributed by atoms with E-state index >= 15 is 0 Å². The number of methoxy groups -OCH3 is 3. The maximum absolute atomic E-state index is 13.6. The van der Waals surface area contributed by atoms with Crippen molar-refractivity contribution < 1.29 is 33.4 Å². The number of hydrogen-bond acceptors (Lipinski definition) is 9.